The first-order valence-corrected chi connectivity index (χ1v) is 11.6. The number of ketones is 1. The summed E-state index contributed by atoms with van der Waals surface area (Å²) in [5.41, 5.74) is 2.73. The van der Waals surface area contributed by atoms with Crippen molar-refractivity contribution in [3.63, 3.8) is 0 Å². The van der Waals surface area contributed by atoms with Gasteiger partial charge in [0, 0.05) is 22.9 Å². The number of benzene rings is 2. The molecule has 31 heavy (non-hydrogen) atoms. The second-order valence-corrected chi connectivity index (χ2v) is 9.05. The maximum atomic E-state index is 12.9. The summed E-state index contributed by atoms with van der Waals surface area (Å²) in [6.07, 6.45) is 1.06. The third-order valence-electron chi connectivity index (χ3n) is 5.72. The summed E-state index contributed by atoms with van der Waals surface area (Å²) in [5.74, 6) is 1.41. The molecule has 1 fully saturated rings. The molecule has 1 aliphatic rings. The van der Waals surface area contributed by atoms with Crippen LogP contribution in [0.3, 0.4) is 0 Å². The van der Waals surface area contributed by atoms with Crippen molar-refractivity contribution in [2.24, 2.45) is 5.92 Å². The van der Waals surface area contributed by atoms with Gasteiger partial charge in [0.2, 0.25) is 0 Å². The molecule has 3 rings (SSSR count). The molecular weight excluding hydrogens is 412 g/mol. The van der Waals surface area contributed by atoms with Crippen LogP contribution in [0, 0.1) is 5.92 Å². The monoisotopic (exact) mass is 444 g/mol. The Kier molecular flexibility index (Phi) is 8.15. The van der Waals surface area contributed by atoms with Gasteiger partial charge in [0.1, 0.15) is 5.75 Å². The summed E-state index contributed by atoms with van der Waals surface area (Å²) < 4.78 is 11.2. The molecule has 2 aromatic rings. The SMILES string of the molecule is CCOc1ccc(C(c2cc(C(=O)C[C@@H](O)[C@@H](C)OC(C)C)ccc2Cl)C2CC2)cc1. The molecule has 3 atom stereocenters. The van der Waals surface area contributed by atoms with Crippen LogP contribution in [0.2, 0.25) is 5.02 Å². The lowest BCUT2D eigenvalue weighted by Crippen LogP contribution is -2.30. The number of aliphatic hydroxyl groups is 1. The summed E-state index contributed by atoms with van der Waals surface area (Å²) in [4.78, 5) is 12.9. The lowest BCUT2D eigenvalue weighted by Gasteiger charge is -2.22. The van der Waals surface area contributed by atoms with Crippen LogP contribution in [0.15, 0.2) is 42.5 Å². The van der Waals surface area contributed by atoms with Crippen LogP contribution in [0.5, 0.6) is 5.75 Å². The van der Waals surface area contributed by atoms with Gasteiger partial charge in [-0.2, -0.15) is 0 Å². The predicted octanol–water partition coefficient (Wildman–Crippen LogP) is 6.03. The third kappa shape index (κ3) is 6.31. The van der Waals surface area contributed by atoms with E-state index < -0.39 is 12.2 Å². The van der Waals surface area contributed by atoms with Crippen molar-refractivity contribution in [1.82, 2.24) is 0 Å². The highest BCUT2D eigenvalue weighted by atomic mass is 35.5. The first-order valence-electron chi connectivity index (χ1n) is 11.2. The molecule has 0 saturated heterocycles. The molecule has 168 valence electrons. The van der Waals surface area contributed by atoms with Crippen LogP contribution in [0.4, 0.5) is 0 Å². The van der Waals surface area contributed by atoms with E-state index in [9.17, 15) is 9.90 Å². The number of ether oxygens (including phenoxy) is 2. The number of halogens is 1. The van der Waals surface area contributed by atoms with Gasteiger partial charge in [0.05, 0.1) is 24.9 Å². The Morgan fingerprint density at radius 2 is 1.81 bits per heavy atom. The molecule has 0 aliphatic heterocycles. The first-order chi connectivity index (χ1) is 14.8. The quantitative estimate of drug-likeness (QED) is 0.430. The number of carbonyl (C=O) groups excluding carboxylic acids is 1. The standard InChI is InChI=1S/C26H33ClO4/c1-5-30-21-11-8-19(9-12-21)26(18-6-7-18)22-14-20(10-13-23(22)27)25(29)15-24(28)17(4)31-16(2)3/h8-14,16-18,24,26,28H,5-7,15H2,1-4H3/t17-,24-,26?/m1/s1. The Hall–Kier alpha value is -1.88. The van der Waals surface area contributed by atoms with Crippen LogP contribution in [-0.2, 0) is 4.74 Å². The molecule has 1 N–H and O–H groups in total. The van der Waals surface area contributed by atoms with Crippen LogP contribution >= 0.6 is 11.6 Å². The Labute approximate surface area is 190 Å². The number of Topliss-reactive ketones (excluding diaryl/α,β-unsaturated/α-hetero) is 1. The van der Waals surface area contributed by atoms with Crippen LogP contribution in [0.25, 0.3) is 0 Å². The van der Waals surface area contributed by atoms with Crippen LogP contribution < -0.4 is 4.74 Å². The minimum Gasteiger partial charge on any atom is -0.494 e. The highest BCUT2D eigenvalue weighted by molar-refractivity contribution is 6.31. The molecule has 0 spiro atoms. The zero-order chi connectivity index (χ0) is 22.5. The molecule has 1 aliphatic carbocycles. The summed E-state index contributed by atoms with van der Waals surface area (Å²) in [5, 5.41) is 11.1. The van der Waals surface area contributed by atoms with Crippen molar-refractivity contribution in [2.45, 2.75) is 71.2 Å². The number of aliphatic hydroxyl groups excluding tert-OH is 1. The molecule has 5 heteroatoms. The molecular formula is C26H33ClO4. The van der Waals surface area contributed by atoms with E-state index in [4.69, 9.17) is 21.1 Å². The highest BCUT2D eigenvalue weighted by Crippen LogP contribution is 2.48. The second kappa shape index (κ2) is 10.6. The Morgan fingerprint density at radius 3 is 2.39 bits per heavy atom. The van der Waals surface area contributed by atoms with Crippen molar-refractivity contribution in [1.29, 1.82) is 0 Å². The number of carbonyl (C=O) groups is 1. The summed E-state index contributed by atoms with van der Waals surface area (Å²) >= 11 is 6.61. The fourth-order valence-corrected chi connectivity index (χ4v) is 4.26. The van der Waals surface area contributed by atoms with Crippen LogP contribution in [0.1, 0.15) is 74.4 Å². The second-order valence-electron chi connectivity index (χ2n) is 8.64. The van der Waals surface area contributed by atoms with Crippen molar-refractivity contribution < 1.29 is 19.4 Å². The average molecular weight is 445 g/mol. The van der Waals surface area contributed by atoms with E-state index in [0.29, 0.717) is 23.1 Å². The summed E-state index contributed by atoms with van der Waals surface area (Å²) in [6, 6.07) is 13.6. The van der Waals surface area contributed by atoms with E-state index >= 15 is 0 Å². The Balaban J connectivity index is 1.82. The van der Waals surface area contributed by atoms with E-state index in [0.717, 1.165) is 24.2 Å². The minimum atomic E-state index is -0.848. The Bertz CT molecular complexity index is 873. The van der Waals surface area contributed by atoms with E-state index in [-0.39, 0.29) is 24.2 Å². The molecule has 0 bridgehead atoms. The molecule has 0 aromatic heterocycles. The molecule has 0 heterocycles. The van der Waals surface area contributed by atoms with Gasteiger partial charge in [-0.3, -0.25) is 4.79 Å². The van der Waals surface area contributed by atoms with Gasteiger partial charge >= 0.3 is 0 Å². The van der Waals surface area contributed by atoms with Gasteiger partial charge in [-0.15, -0.1) is 0 Å². The van der Waals surface area contributed by atoms with Crippen molar-refractivity contribution in [3.05, 3.63) is 64.2 Å². The number of hydrogen-bond donors (Lipinski definition) is 1. The van der Waals surface area contributed by atoms with Crippen LogP contribution in [-0.4, -0.2) is 35.8 Å². The van der Waals surface area contributed by atoms with Gasteiger partial charge in [0.25, 0.3) is 0 Å². The fraction of sp³-hybridized carbons (Fsp3) is 0.500. The van der Waals surface area contributed by atoms with Crippen molar-refractivity contribution >= 4 is 17.4 Å². The van der Waals surface area contributed by atoms with Gasteiger partial charge in [-0.05, 0) is 87.9 Å². The minimum absolute atomic E-state index is 0.00435. The molecule has 0 radical (unpaired) electrons. The van der Waals surface area contributed by atoms with E-state index in [1.165, 1.54) is 5.56 Å². The molecule has 2 aromatic carbocycles. The van der Waals surface area contributed by atoms with Gasteiger partial charge in [-0.25, -0.2) is 0 Å². The third-order valence-corrected chi connectivity index (χ3v) is 6.06. The number of rotatable bonds is 11. The number of hydrogen-bond acceptors (Lipinski definition) is 4. The fourth-order valence-electron chi connectivity index (χ4n) is 4.02. The molecule has 0 amide bonds. The largest absolute Gasteiger partial charge is 0.494 e. The average Bonchev–Trinajstić information content (AvgIpc) is 3.55. The van der Waals surface area contributed by atoms with Gasteiger partial charge in [-0.1, -0.05) is 23.7 Å². The lowest BCUT2D eigenvalue weighted by molar-refractivity contribution is -0.0542. The van der Waals surface area contributed by atoms with Gasteiger partial charge < -0.3 is 14.6 Å². The summed E-state index contributed by atoms with van der Waals surface area (Å²) in [7, 11) is 0. The lowest BCUT2D eigenvalue weighted by atomic mass is 9.85. The highest BCUT2D eigenvalue weighted by Gasteiger charge is 2.35. The molecule has 1 saturated carbocycles. The summed E-state index contributed by atoms with van der Waals surface area (Å²) in [6.45, 7) is 8.22. The Morgan fingerprint density at radius 1 is 1.13 bits per heavy atom. The van der Waals surface area contributed by atoms with Crippen molar-refractivity contribution in [3.8, 4) is 5.75 Å². The van der Waals surface area contributed by atoms with E-state index in [1.54, 1.807) is 19.1 Å². The first kappa shape index (κ1) is 23.8. The normalized spacial score (nSPS) is 16.7. The molecule has 4 nitrogen and oxygen atoms in total. The zero-order valence-corrected chi connectivity index (χ0v) is 19.6. The maximum Gasteiger partial charge on any atom is 0.165 e. The van der Waals surface area contributed by atoms with Crippen molar-refractivity contribution in [2.75, 3.05) is 6.61 Å². The maximum absolute atomic E-state index is 12.9. The van der Waals surface area contributed by atoms with Gasteiger partial charge in [0.15, 0.2) is 5.78 Å². The smallest absolute Gasteiger partial charge is 0.165 e. The van der Waals surface area contributed by atoms with E-state index in [2.05, 4.69) is 12.1 Å². The topological polar surface area (TPSA) is 55.8 Å². The molecule has 1 unspecified atom stereocenters. The predicted molar refractivity (Wildman–Crippen MR) is 124 cm³/mol. The van der Waals surface area contributed by atoms with E-state index in [1.807, 2.05) is 39.0 Å². The zero-order valence-electron chi connectivity index (χ0n) is 18.8.